The molecule has 0 saturated carbocycles. The summed E-state index contributed by atoms with van der Waals surface area (Å²) in [5.41, 5.74) is 4.39. The number of amides is 2. The SMILES string of the molecule is COc1ccc(C(=O)N2N=C(C3=C(c4ccccc4)C4C=C(Br)C=CC4NC3=O)CC2c2ccc(Br)cc2)cc1. The van der Waals surface area contributed by atoms with Crippen LogP contribution in [0, 0.1) is 5.92 Å². The first-order valence-corrected chi connectivity index (χ1v) is 14.5. The van der Waals surface area contributed by atoms with E-state index in [0.29, 0.717) is 29.0 Å². The number of hydrogen-bond donors (Lipinski definition) is 1. The lowest BCUT2D eigenvalue weighted by molar-refractivity contribution is -0.117. The Morgan fingerprint density at radius 2 is 1.73 bits per heavy atom. The summed E-state index contributed by atoms with van der Waals surface area (Å²) >= 11 is 7.13. The molecule has 0 aromatic heterocycles. The normalized spacial score (nSPS) is 21.9. The lowest BCUT2D eigenvalue weighted by Gasteiger charge is -2.35. The van der Waals surface area contributed by atoms with Gasteiger partial charge in [-0.25, -0.2) is 5.01 Å². The highest BCUT2D eigenvalue weighted by Crippen LogP contribution is 2.42. The fraction of sp³-hybridized carbons (Fsp3) is 0.156. The van der Waals surface area contributed by atoms with Crippen molar-refractivity contribution in [2.24, 2.45) is 11.0 Å². The molecular formula is C32H25Br2N3O3. The monoisotopic (exact) mass is 657 g/mol. The molecule has 3 aromatic carbocycles. The highest BCUT2D eigenvalue weighted by atomic mass is 79.9. The second-order valence-corrected chi connectivity index (χ2v) is 11.6. The zero-order chi connectivity index (χ0) is 27.8. The summed E-state index contributed by atoms with van der Waals surface area (Å²) in [7, 11) is 1.59. The number of rotatable bonds is 5. The first kappa shape index (κ1) is 26.5. The fourth-order valence-corrected chi connectivity index (χ4v) is 6.16. The average molecular weight is 659 g/mol. The highest BCUT2D eigenvalue weighted by Gasteiger charge is 2.42. The number of nitrogens with one attached hydrogen (secondary N) is 1. The minimum Gasteiger partial charge on any atom is -0.497 e. The zero-order valence-electron chi connectivity index (χ0n) is 21.6. The molecule has 3 atom stereocenters. The van der Waals surface area contributed by atoms with Gasteiger partial charge in [0.2, 0.25) is 0 Å². The number of carbonyl (C=O) groups is 2. The van der Waals surface area contributed by atoms with Gasteiger partial charge in [0.05, 0.1) is 30.5 Å². The molecule has 0 fully saturated rings. The summed E-state index contributed by atoms with van der Waals surface area (Å²) < 4.78 is 7.16. The topological polar surface area (TPSA) is 71.0 Å². The summed E-state index contributed by atoms with van der Waals surface area (Å²) in [6.45, 7) is 0. The lowest BCUT2D eigenvalue weighted by atomic mass is 9.77. The van der Waals surface area contributed by atoms with Crippen LogP contribution < -0.4 is 10.1 Å². The molecule has 1 N–H and O–H groups in total. The van der Waals surface area contributed by atoms with Crippen molar-refractivity contribution in [1.82, 2.24) is 10.3 Å². The summed E-state index contributed by atoms with van der Waals surface area (Å²) in [5.74, 6) is 0.140. The van der Waals surface area contributed by atoms with Gasteiger partial charge in [-0.15, -0.1) is 0 Å². The third-order valence-electron chi connectivity index (χ3n) is 7.40. The van der Waals surface area contributed by atoms with Gasteiger partial charge in [0.25, 0.3) is 11.8 Å². The summed E-state index contributed by atoms with van der Waals surface area (Å²) in [6, 6.07) is 24.2. The van der Waals surface area contributed by atoms with E-state index < -0.39 is 0 Å². The van der Waals surface area contributed by atoms with Crippen LogP contribution in [0.25, 0.3) is 5.57 Å². The fourth-order valence-electron chi connectivity index (χ4n) is 5.46. The van der Waals surface area contributed by atoms with E-state index in [0.717, 1.165) is 25.7 Å². The van der Waals surface area contributed by atoms with Gasteiger partial charge < -0.3 is 10.1 Å². The number of hydrazone groups is 1. The Hall–Kier alpha value is -3.75. The molecule has 8 heteroatoms. The molecular weight excluding hydrogens is 634 g/mol. The van der Waals surface area contributed by atoms with Gasteiger partial charge in [0.1, 0.15) is 5.75 Å². The maximum absolute atomic E-state index is 13.9. The molecule has 0 spiro atoms. The van der Waals surface area contributed by atoms with Crippen LogP contribution >= 0.6 is 31.9 Å². The molecule has 200 valence electrons. The number of methoxy groups -OCH3 is 1. The number of hydrogen-bond acceptors (Lipinski definition) is 4. The van der Waals surface area contributed by atoms with Crippen molar-refractivity contribution >= 4 is 55.0 Å². The van der Waals surface area contributed by atoms with Gasteiger partial charge in [-0.3, -0.25) is 9.59 Å². The third kappa shape index (κ3) is 4.97. The van der Waals surface area contributed by atoms with Crippen LogP contribution in [0.1, 0.15) is 33.9 Å². The first-order valence-electron chi connectivity index (χ1n) is 12.9. The van der Waals surface area contributed by atoms with E-state index in [-0.39, 0.29) is 29.8 Å². The van der Waals surface area contributed by atoms with Gasteiger partial charge in [-0.05, 0) is 53.1 Å². The molecule has 3 aromatic rings. The predicted octanol–water partition coefficient (Wildman–Crippen LogP) is 6.82. The van der Waals surface area contributed by atoms with Crippen molar-refractivity contribution in [1.29, 1.82) is 0 Å². The maximum atomic E-state index is 13.9. The highest BCUT2D eigenvalue weighted by molar-refractivity contribution is 9.12. The van der Waals surface area contributed by atoms with Crippen LogP contribution in [0.2, 0.25) is 0 Å². The van der Waals surface area contributed by atoms with Crippen LogP contribution in [-0.2, 0) is 4.79 Å². The first-order chi connectivity index (χ1) is 19.4. The largest absolute Gasteiger partial charge is 0.497 e. The Labute approximate surface area is 249 Å². The van der Waals surface area contributed by atoms with Crippen molar-refractivity contribution in [2.75, 3.05) is 7.11 Å². The number of nitrogens with zero attached hydrogens (tertiary/aromatic N) is 2. The van der Waals surface area contributed by atoms with E-state index in [1.807, 2.05) is 66.7 Å². The van der Waals surface area contributed by atoms with E-state index in [1.54, 1.807) is 31.4 Å². The Morgan fingerprint density at radius 3 is 2.42 bits per heavy atom. The predicted molar refractivity (Wildman–Crippen MR) is 163 cm³/mol. The molecule has 0 radical (unpaired) electrons. The van der Waals surface area contributed by atoms with Crippen molar-refractivity contribution in [3.8, 4) is 5.75 Å². The molecule has 40 heavy (non-hydrogen) atoms. The summed E-state index contributed by atoms with van der Waals surface area (Å²) in [4.78, 5) is 27.6. The maximum Gasteiger partial charge on any atom is 0.274 e. The smallest absolute Gasteiger partial charge is 0.274 e. The molecule has 2 amide bonds. The van der Waals surface area contributed by atoms with E-state index >= 15 is 0 Å². The standard InChI is InChI=1S/C32H25Br2N3O3/c1-40-24-14-9-21(10-15-24)32(39)37-28(19-7-11-22(33)12-8-19)18-27(36-37)30-29(20-5-3-2-4-6-20)25-17-23(34)13-16-26(25)35-31(30)38/h2-17,25-26,28H,18H2,1H3,(H,35,38). The Morgan fingerprint density at radius 1 is 1.00 bits per heavy atom. The second-order valence-electron chi connectivity index (χ2n) is 9.79. The second kappa shape index (κ2) is 11.0. The van der Waals surface area contributed by atoms with Crippen LogP contribution in [0.15, 0.2) is 117 Å². The van der Waals surface area contributed by atoms with Gasteiger partial charge in [0.15, 0.2) is 0 Å². The van der Waals surface area contributed by atoms with Crippen molar-refractivity contribution in [2.45, 2.75) is 18.5 Å². The molecule has 6 nitrogen and oxygen atoms in total. The number of fused-ring (bicyclic) bond motifs is 1. The minimum absolute atomic E-state index is 0.0883. The molecule has 3 aliphatic rings. The van der Waals surface area contributed by atoms with E-state index in [1.165, 1.54) is 5.01 Å². The van der Waals surface area contributed by atoms with Crippen LogP contribution in [0.3, 0.4) is 0 Å². The van der Waals surface area contributed by atoms with Gasteiger partial charge in [-0.1, -0.05) is 92.6 Å². The van der Waals surface area contributed by atoms with Crippen LogP contribution in [0.4, 0.5) is 0 Å². The summed E-state index contributed by atoms with van der Waals surface area (Å²) in [5, 5.41) is 9.56. The van der Waals surface area contributed by atoms with Gasteiger partial charge in [0, 0.05) is 26.9 Å². The summed E-state index contributed by atoms with van der Waals surface area (Å²) in [6.07, 6.45) is 6.49. The number of ether oxygens (including phenoxy) is 1. The van der Waals surface area contributed by atoms with Crippen molar-refractivity contribution < 1.29 is 14.3 Å². The quantitative estimate of drug-likeness (QED) is 0.327. The molecule has 1 aliphatic carbocycles. The van der Waals surface area contributed by atoms with Crippen molar-refractivity contribution in [3.05, 3.63) is 128 Å². The number of benzene rings is 3. The van der Waals surface area contributed by atoms with E-state index in [2.05, 4.69) is 43.3 Å². The van der Waals surface area contributed by atoms with Gasteiger partial charge in [-0.2, -0.15) is 5.10 Å². The molecule has 3 unspecified atom stereocenters. The lowest BCUT2D eigenvalue weighted by Crippen LogP contribution is -2.46. The molecule has 2 aliphatic heterocycles. The number of halogens is 2. The zero-order valence-corrected chi connectivity index (χ0v) is 24.7. The van der Waals surface area contributed by atoms with Crippen LogP contribution in [0.5, 0.6) is 5.75 Å². The Bertz CT molecular complexity index is 1590. The molecule has 0 bridgehead atoms. The third-order valence-corrected chi connectivity index (χ3v) is 8.46. The number of carbonyl (C=O) groups excluding carboxylic acids is 2. The van der Waals surface area contributed by atoms with E-state index in [4.69, 9.17) is 9.84 Å². The molecule has 2 heterocycles. The molecule has 0 saturated heterocycles. The van der Waals surface area contributed by atoms with E-state index in [9.17, 15) is 9.59 Å². The average Bonchev–Trinajstić information content (AvgIpc) is 3.42. The molecule has 6 rings (SSSR count). The minimum atomic E-state index is -0.374. The van der Waals surface area contributed by atoms with Crippen molar-refractivity contribution in [3.63, 3.8) is 0 Å². The Kier molecular flexibility index (Phi) is 7.29. The van der Waals surface area contributed by atoms with Crippen LogP contribution in [-0.4, -0.2) is 35.7 Å². The Balaban J connectivity index is 1.49. The number of allylic oxidation sites excluding steroid dienone is 2. The van der Waals surface area contributed by atoms with Gasteiger partial charge >= 0.3 is 0 Å².